The second kappa shape index (κ2) is 6.23. The zero-order valence-electron chi connectivity index (χ0n) is 12.0. The number of rotatable bonds is 4. The molecule has 19 heavy (non-hydrogen) atoms. The molecule has 1 unspecified atom stereocenters. The van der Waals surface area contributed by atoms with E-state index in [1.54, 1.807) is 0 Å². The summed E-state index contributed by atoms with van der Waals surface area (Å²) in [5, 5.41) is 0. The standard InChI is InChI=1S/C17H24O2/c1-3-19-16(18)14(2)17(12-8-5-9-13-17)15-10-6-4-7-11-15/h4,6-7,10-11,14H,3,5,8-9,12-13H2,1-2H3. The molecule has 1 atom stereocenters. The van der Waals surface area contributed by atoms with E-state index in [1.165, 1.54) is 24.8 Å². The average Bonchev–Trinajstić information content (AvgIpc) is 2.48. The summed E-state index contributed by atoms with van der Waals surface area (Å²) >= 11 is 0. The molecule has 0 saturated heterocycles. The van der Waals surface area contributed by atoms with E-state index in [4.69, 9.17) is 4.74 Å². The van der Waals surface area contributed by atoms with E-state index in [0.29, 0.717) is 6.61 Å². The zero-order valence-corrected chi connectivity index (χ0v) is 12.0. The SMILES string of the molecule is CCOC(=O)C(C)C1(c2ccccc2)CCCCC1. The minimum atomic E-state index is -0.0600. The predicted molar refractivity (Wildman–Crippen MR) is 77.0 cm³/mol. The summed E-state index contributed by atoms with van der Waals surface area (Å²) in [5.74, 6) is -0.108. The zero-order chi connectivity index (χ0) is 13.7. The van der Waals surface area contributed by atoms with Crippen molar-refractivity contribution < 1.29 is 9.53 Å². The van der Waals surface area contributed by atoms with Crippen molar-refractivity contribution in [3.63, 3.8) is 0 Å². The molecule has 0 aromatic heterocycles. The first-order valence-electron chi connectivity index (χ1n) is 7.43. The molecule has 2 heteroatoms. The van der Waals surface area contributed by atoms with Gasteiger partial charge in [0.05, 0.1) is 12.5 Å². The molecule has 0 aliphatic heterocycles. The molecule has 1 aromatic carbocycles. The summed E-state index contributed by atoms with van der Waals surface area (Å²) < 4.78 is 5.26. The van der Waals surface area contributed by atoms with Crippen molar-refractivity contribution in [3.8, 4) is 0 Å². The predicted octanol–water partition coefficient (Wildman–Crippen LogP) is 4.09. The summed E-state index contributed by atoms with van der Waals surface area (Å²) in [4.78, 5) is 12.2. The van der Waals surface area contributed by atoms with Crippen LogP contribution in [0.25, 0.3) is 0 Å². The molecule has 0 radical (unpaired) electrons. The van der Waals surface area contributed by atoms with Gasteiger partial charge in [0.15, 0.2) is 0 Å². The number of carbonyl (C=O) groups excluding carboxylic acids is 1. The van der Waals surface area contributed by atoms with Crippen molar-refractivity contribution in [2.45, 2.75) is 51.4 Å². The van der Waals surface area contributed by atoms with E-state index >= 15 is 0 Å². The fourth-order valence-electron chi connectivity index (χ4n) is 3.42. The molecule has 104 valence electrons. The average molecular weight is 260 g/mol. The van der Waals surface area contributed by atoms with E-state index in [9.17, 15) is 4.79 Å². The maximum absolute atomic E-state index is 12.2. The molecule has 1 fully saturated rings. The summed E-state index contributed by atoms with van der Waals surface area (Å²) in [6, 6.07) is 10.5. The molecule has 1 aliphatic rings. The lowest BCUT2D eigenvalue weighted by molar-refractivity contribution is -0.150. The molecular weight excluding hydrogens is 236 g/mol. The Morgan fingerprint density at radius 1 is 1.21 bits per heavy atom. The topological polar surface area (TPSA) is 26.3 Å². The first-order valence-corrected chi connectivity index (χ1v) is 7.43. The highest BCUT2D eigenvalue weighted by atomic mass is 16.5. The van der Waals surface area contributed by atoms with E-state index in [2.05, 4.69) is 24.3 Å². The Balaban J connectivity index is 2.32. The molecule has 1 aromatic rings. The monoisotopic (exact) mass is 260 g/mol. The van der Waals surface area contributed by atoms with Crippen LogP contribution in [0, 0.1) is 5.92 Å². The summed E-state index contributed by atoms with van der Waals surface area (Å²) in [5.41, 5.74) is 1.28. The van der Waals surface area contributed by atoms with Crippen LogP contribution in [0.1, 0.15) is 51.5 Å². The molecular formula is C17H24O2. The Morgan fingerprint density at radius 3 is 2.42 bits per heavy atom. The molecule has 1 saturated carbocycles. The second-order valence-corrected chi connectivity index (χ2v) is 5.56. The maximum atomic E-state index is 12.2. The van der Waals surface area contributed by atoms with Gasteiger partial charge in [-0.3, -0.25) is 4.79 Å². The lowest BCUT2D eigenvalue weighted by Crippen LogP contribution is -2.40. The maximum Gasteiger partial charge on any atom is 0.309 e. The van der Waals surface area contributed by atoms with Crippen molar-refractivity contribution >= 4 is 5.97 Å². The normalized spacial score (nSPS) is 19.7. The van der Waals surface area contributed by atoms with Gasteiger partial charge in [0.2, 0.25) is 0 Å². The molecule has 1 aliphatic carbocycles. The van der Waals surface area contributed by atoms with Crippen LogP contribution in [0.2, 0.25) is 0 Å². The van der Waals surface area contributed by atoms with E-state index in [-0.39, 0.29) is 17.3 Å². The van der Waals surface area contributed by atoms with Gasteiger partial charge in [-0.15, -0.1) is 0 Å². The summed E-state index contributed by atoms with van der Waals surface area (Å²) in [6.07, 6.45) is 5.88. The van der Waals surface area contributed by atoms with E-state index in [0.717, 1.165) is 12.8 Å². The number of carbonyl (C=O) groups is 1. The Labute approximate surface area is 116 Å². The highest BCUT2D eigenvalue weighted by Gasteiger charge is 2.42. The van der Waals surface area contributed by atoms with Gasteiger partial charge in [-0.2, -0.15) is 0 Å². The first-order chi connectivity index (χ1) is 9.20. The minimum absolute atomic E-state index is 0.0221. The van der Waals surface area contributed by atoms with Crippen LogP contribution in [-0.4, -0.2) is 12.6 Å². The number of ether oxygens (including phenoxy) is 1. The Hall–Kier alpha value is -1.31. The molecule has 0 bridgehead atoms. The van der Waals surface area contributed by atoms with Gasteiger partial charge in [-0.1, -0.05) is 56.5 Å². The first kappa shape index (κ1) is 14.1. The smallest absolute Gasteiger partial charge is 0.309 e. The molecule has 0 spiro atoms. The fraction of sp³-hybridized carbons (Fsp3) is 0.588. The van der Waals surface area contributed by atoms with Crippen molar-refractivity contribution in [1.82, 2.24) is 0 Å². The van der Waals surface area contributed by atoms with Crippen LogP contribution in [0.15, 0.2) is 30.3 Å². The van der Waals surface area contributed by atoms with Crippen molar-refractivity contribution in [2.75, 3.05) is 6.61 Å². The van der Waals surface area contributed by atoms with Crippen LogP contribution in [0.3, 0.4) is 0 Å². The molecule has 0 amide bonds. The van der Waals surface area contributed by atoms with Crippen molar-refractivity contribution in [3.05, 3.63) is 35.9 Å². The Morgan fingerprint density at radius 2 is 1.84 bits per heavy atom. The number of hydrogen-bond acceptors (Lipinski definition) is 2. The fourth-order valence-corrected chi connectivity index (χ4v) is 3.42. The number of hydrogen-bond donors (Lipinski definition) is 0. The van der Waals surface area contributed by atoms with E-state index < -0.39 is 0 Å². The van der Waals surface area contributed by atoms with Gasteiger partial charge < -0.3 is 4.74 Å². The largest absolute Gasteiger partial charge is 0.466 e. The second-order valence-electron chi connectivity index (χ2n) is 5.56. The summed E-state index contributed by atoms with van der Waals surface area (Å²) in [6.45, 7) is 4.38. The van der Waals surface area contributed by atoms with E-state index in [1.807, 2.05) is 19.9 Å². The molecule has 0 heterocycles. The number of benzene rings is 1. The van der Waals surface area contributed by atoms with Crippen LogP contribution < -0.4 is 0 Å². The highest BCUT2D eigenvalue weighted by molar-refractivity contribution is 5.74. The Kier molecular flexibility index (Phi) is 4.62. The molecule has 0 N–H and O–H groups in total. The van der Waals surface area contributed by atoms with Gasteiger partial charge >= 0.3 is 5.97 Å². The van der Waals surface area contributed by atoms with Gasteiger partial charge in [-0.05, 0) is 25.3 Å². The highest BCUT2D eigenvalue weighted by Crippen LogP contribution is 2.45. The number of esters is 1. The lowest BCUT2D eigenvalue weighted by Gasteiger charge is -2.41. The van der Waals surface area contributed by atoms with Crippen LogP contribution in [-0.2, 0) is 14.9 Å². The van der Waals surface area contributed by atoms with Gasteiger partial charge in [0.25, 0.3) is 0 Å². The summed E-state index contributed by atoms with van der Waals surface area (Å²) in [7, 11) is 0. The Bertz CT molecular complexity index is 405. The third-order valence-corrected chi connectivity index (χ3v) is 4.56. The van der Waals surface area contributed by atoms with Crippen molar-refractivity contribution in [1.29, 1.82) is 0 Å². The lowest BCUT2D eigenvalue weighted by atomic mass is 9.62. The third-order valence-electron chi connectivity index (χ3n) is 4.56. The van der Waals surface area contributed by atoms with Crippen LogP contribution in [0.5, 0.6) is 0 Å². The van der Waals surface area contributed by atoms with Crippen molar-refractivity contribution in [2.24, 2.45) is 5.92 Å². The minimum Gasteiger partial charge on any atom is -0.466 e. The molecule has 2 nitrogen and oxygen atoms in total. The van der Waals surface area contributed by atoms with Crippen LogP contribution >= 0.6 is 0 Å². The van der Waals surface area contributed by atoms with Gasteiger partial charge in [0.1, 0.15) is 0 Å². The van der Waals surface area contributed by atoms with Crippen LogP contribution in [0.4, 0.5) is 0 Å². The van der Waals surface area contributed by atoms with Gasteiger partial charge in [-0.25, -0.2) is 0 Å². The third kappa shape index (κ3) is 2.83. The quantitative estimate of drug-likeness (QED) is 0.762. The molecule has 2 rings (SSSR count). The van der Waals surface area contributed by atoms with Gasteiger partial charge in [0, 0.05) is 5.41 Å².